The molecule has 0 spiro atoms. The molecule has 2 atom stereocenters. The van der Waals surface area contributed by atoms with Gasteiger partial charge in [-0.25, -0.2) is 0 Å². The topological polar surface area (TPSA) is 0 Å². The van der Waals surface area contributed by atoms with Crippen LogP contribution in [0.15, 0.2) is 47.1 Å². The molecule has 1 rings (SSSR count). The van der Waals surface area contributed by atoms with Crippen molar-refractivity contribution in [3.8, 4) is 0 Å². The predicted molar refractivity (Wildman–Crippen MR) is 68.7 cm³/mol. The van der Waals surface area contributed by atoms with Crippen molar-refractivity contribution in [2.24, 2.45) is 11.8 Å². The van der Waals surface area contributed by atoms with Gasteiger partial charge in [0.2, 0.25) is 0 Å². The number of rotatable bonds is 2. The molecule has 0 saturated carbocycles. The first-order chi connectivity index (χ1) is 7.06. The van der Waals surface area contributed by atoms with Gasteiger partial charge in [-0.1, -0.05) is 54.0 Å². The normalized spacial score (nSPS) is 24.3. The molecule has 0 N–H and O–H groups in total. The van der Waals surface area contributed by atoms with E-state index in [2.05, 4.69) is 65.0 Å². The summed E-state index contributed by atoms with van der Waals surface area (Å²) in [7, 11) is 0. The lowest BCUT2D eigenvalue weighted by atomic mass is 9.83. The van der Waals surface area contributed by atoms with Crippen molar-refractivity contribution in [3.05, 3.63) is 47.1 Å². The van der Waals surface area contributed by atoms with E-state index in [4.69, 9.17) is 0 Å². The minimum Gasteiger partial charge on any atom is -0.0884 e. The second-order valence-corrected chi connectivity index (χ2v) is 4.53. The lowest BCUT2D eigenvalue weighted by Crippen LogP contribution is -2.11. The van der Waals surface area contributed by atoms with Gasteiger partial charge >= 0.3 is 0 Å². The molecular formula is C15H22. The van der Waals surface area contributed by atoms with Crippen LogP contribution in [0.5, 0.6) is 0 Å². The van der Waals surface area contributed by atoms with Gasteiger partial charge in [0.15, 0.2) is 0 Å². The Bertz CT molecular complexity index is 337. The lowest BCUT2D eigenvalue weighted by molar-refractivity contribution is 0.551. The van der Waals surface area contributed by atoms with Crippen molar-refractivity contribution in [2.45, 2.75) is 34.6 Å². The Morgan fingerprint density at radius 2 is 2.00 bits per heavy atom. The molecule has 15 heavy (non-hydrogen) atoms. The van der Waals surface area contributed by atoms with E-state index in [-0.39, 0.29) is 0 Å². The molecule has 0 fully saturated rings. The monoisotopic (exact) mass is 202 g/mol. The maximum atomic E-state index is 2.34. The lowest BCUT2D eigenvalue weighted by Gasteiger charge is -2.22. The van der Waals surface area contributed by atoms with Crippen molar-refractivity contribution in [3.63, 3.8) is 0 Å². The minimum absolute atomic E-state index is 0.551. The zero-order valence-corrected chi connectivity index (χ0v) is 10.5. The van der Waals surface area contributed by atoms with Crippen molar-refractivity contribution < 1.29 is 0 Å². The van der Waals surface area contributed by atoms with Crippen molar-refractivity contribution >= 4 is 0 Å². The van der Waals surface area contributed by atoms with Gasteiger partial charge in [0, 0.05) is 5.92 Å². The van der Waals surface area contributed by atoms with Gasteiger partial charge in [-0.15, -0.1) is 0 Å². The summed E-state index contributed by atoms with van der Waals surface area (Å²) >= 11 is 0. The van der Waals surface area contributed by atoms with Gasteiger partial charge in [-0.05, 0) is 33.6 Å². The molecule has 1 aliphatic carbocycles. The molecule has 0 heteroatoms. The molecule has 0 heterocycles. The van der Waals surface area contributed by atoms with Gasteiger partial charge in [0.25, 0.3) is 0 Å². The molecule has 0 bridgehead atoms. The third kappa shape index (κ3) is 2.95. The first-order valence-corrected chi connectivity index (χ1v) is 5.72. The quantitative estimate of drug-likeness (QED) is 0.571. The van der Waals surface area contributed by atoms with Crippen LogP contribution in [-0.4, -0.2) is 0 Å². The molecule has 1 aliphatic rings. The van der Waals surface area contributed by atoms with E-state index in [1.807, 2.05) is 0 Å². The van der Waals surface area contributed by atoms with Gasteiger partial charge in [-0.2, -0.15) is 0 Å². The van der Waals surface area contributed by atoms with E-state index in [0.29, 0.717) is 11.8 Å². The van der Waals surface area contributed by atoms with Gasteiger partial charge in [0.05, 0.1) is 0 Å². The van der Waals surface area contributed by atoms with Gasteiger partial charge in [0.1, 0.15) is 0 Å². The Hall–Kier alpha value is -1.04. The van der Waals surface area contributed by atoms with Crippen LogP contribution in [0.1, 0.15) is 34.6 Å². The molecule has 0 amide bonds. The SMILES string of the molecule is C/C=C(\C)C(C)C1C=CC(C)=CC=C1C. The maximum Gasteiger partial charge on any atom is 0.00431 e. The fraction of sp³-hybridized carbons (Fsp3) is 0.467. The van der Waals surface area contributed by atoms with Crippen molar-refractivity contribution in [2.75, 3.05) is 0 Å². The fourth-order valence-electron chi connectivity index (χ4n) is 1.94. The largest absolute Gasteiger partial charge is 0.0884 e. The summed E-state index contributed by atoms with van der Waals surface area (Å²) < 4.78 is 0. The first-order valence-electron chi connectivity index (χ1n) is 5.72. The molecule has 0 nitrogen and oxygen atoms in total. The van der Waals surface area contributed by atoms with Gasteiger partial charge < -0.3 is 0 Å². The van der Waals surface area contributed by atoms with Crippen LogP contribution in [0.2, 0.25) is 0 Å². The van der Waals surface area contributed by atoms with Crippen LogP contribution in [0, 0.1) is 11.8 Å². The van der Waals surface area contributed by atoms with E-state index < -0.39 is 0 Å². The summed E-state index contributed by atoms with van der Waals surface area (Å²) in [5.74, 6) is 1.15. The Morgan fingerprint density at radius 3 is 2.60 bits per heavy atom. The third-order valence-corrected chi connectivity index (χ3v) is 3.41. The Labute approximate surface area is 94.1 Å². The second-order valence-electron chi connectivity index (χ2n) is 4.53. The highest BCUT2D eigenvalue weighted by Crippen LogP contribution is 2.29. The van der Waals surface area contributed by atoms with Crippen LogP contribution in [0.3, 0.4) is 0 Å². The molecular weight excluding hydrogens is 180 g/mol. The molecule has 0 aromatic heterocycles. The zero-order valence-electron chi connectivity index (χ0n) is 10.5. The Kier molecular flexibility index (Phi) is 4.14. The van der Waals surface area contributed by atoms with Crippen molar-refractivity contribution in [1.82, 2.24) is 0 Å². The average Bonchev–Trinajstić information content (AvgIpc) is 2.39. The number of hydrogen-bond donors (Lipinski definition) is 0. The summed E-state index contributed by atoms with van der Waals surface area (Å²) in [4.78, 5) is 0. The summed E-state index contributed by atoms with van der Waals surface area (Å²) in [5.41, 5.74) is 4.26. The minimum atomic E-state index is 0.551. The predicted octanol–water partition coefficient (Wildman–Crippen LogP) is 4.67. The van der Waals surface area contributed by atoms with Crippen LogP contribution in [0.4, 0.5) is 0 Å². The van der Waals surface area contributed by atoms with E-state index in [0.717, 1.165) is 0 Å². The summed E-state index contributed by atoms with van der Waals surface area (Å²) in [5, 5.41) is 0. The molecule has 0 aromatic carbocycles. The summed E-state index contributed by atoms with van der Waals surface area (Å²) in [6.45, 7) is 11.0. The third-order valence-electron chi connectivity index (χ3n) is 3.41. The molecule has 0 aromatic rings. The first kappa shape index (κ1) is 12.0. The molecule has 0 saturated heterocycles. The highest BCUT2D eigenvalue weighted by molar-refractivity contribution is 5.32. The maximum absolute atomic E-state index is 2.34. The van der Waals surface area contributed by atoms with Gasteiger partial charge in [-0.3, -0.25) is 0 Å². The van der Waals surface area contributed by atoms with Crippen LogP contribution in [0.25, 0.3) is 0 Å². The van der Waals surface area contributed by atoms with Crippen LogP contribution >= 0.6 is 0 Å². The molecule has 0 radical (unpaired) electrons. The van der Waals surface area contributed by atoms with E-state index in [1.54, 1.807) is 0 Å². The highest BCUT2D eigenvalue weighted by Gasteiger charge is 2.17. The van der Waals surface area contributed by atoms with E-state index in [9.17, 15) is 0 Å². The van der Waals surface area contributed by atoms with Crippen LogP contribution in [-0.2, 0) is 0 Å². The molecule has 2 unspecified atom stereocenters. The average molecular weight is 202 g/mol. The van der Waals surface area contributed by atoms with E-state index >= 15 is 0 Å². The standard InChI is InChI=1S/C15H22/c1-6-12(3)14(5)15-10-8-11(2)7-9-13(15)4/h6-10,14-15H,1-5H3/b12-6+. The smallest absolute Gasteiger partial charge is 0.00431 e. The Morgan fingerprint density at radius 1 is 1.33 bits per heavy atom. The number of hydrogen-bond acceptors (Lipinski definition) is 0. The second kappa shape index (κ2) is 5.16. The highest BCUT2D eigenvalue weighted by atomic mass is 14.2. The van der Waals surface area contributed by atoms with Crippen molar-refractivity contribution in [1.29, 1.82) is 0 Å². The fourth-order valence-corrected chi connectivity index (χ4v) is 1.94. The zero-order chi connectivity index (χ0) is 11.4. The molecule has 82 valence electrons. The number of allylic oxidation sites excluding steroid dienone is 8. The summed E-state index contributed by atoms with van der Waals surface area (Å²) in [6, 6.07) is 0. The van der Waals surface area contributed by atoms with Crippen LogP contribution < -0.4 is 0 Å². The Balaban J connectivity index is 2.93. The van der Waals surface area contributed by atoms with E-state index in [1.165, 1.54) is 16.7 Å². The molecule has 0 aliphatic heterocycles. The summed E-state index contributed by atoms with van der Waals surface area (Å²) in [6.07, 6.45) is 11.2.